The van der Waals surface area contributed by atoms with Gasteiger partial charge in [0, 0.05) is 0 Å². The van der Waals surface area contributed by atoms with Gasteiger partial charge in [-0.15, -0.1) is 0 Å². The molecule has 0 aliphatic heterocycles. The highest BCUT2D eigenvalue weighted by molar-refractivity contribution is 9.10. The molecule has 0 amide bonds. The highest BCUT2D eigenvalue weighted by Crippen LogP contribution is 2.14. The van der Waals surface area contributed by atoms with Gasteiger partial charge in [-0.3, -0.25) is 4.79 Å². The molecule has 0 radical (unpaired) electrons. The molecule has 0 aromatic heterocycles. The molecule has 60 valence electrons. The van der Waals surface area contributed by atoms with E-state index in [-0.39, 0.29) is 15.4 Å². The molecule has 0 heterocycles. The third kappa shape index (κ3) is 3.71. The predicted octanol–water partition coefficient (Wildman–Crippen LogP) is 2.90. The maximum atomic E-state index is 11.1. The first-order valence-electron chi connectivity index (χ1n) is 3.41. The summed E-state index contributed by atoms with van der Waals surface area (Å²) in [5.74, 6) is 0.238. The third-order valence-corrected chi connectivity index (χ3v) is 2.60. The van der Waals surface area contributed by atoms with Crippen molar-refractivity contribution in [3.63, 3.8) is 0 Å². The Bertz CT molecular complexity index is 112. The first-order chi connectivity index (χ1) is 4.59. The Morgan fingerprint density at radius 3 is 2.30 bits per heavy atom. The van der Waals surface area contributed by atoms with Gasteiger partial charge in [-0.25, -0.2) is 0 Å². The van der Waals surface area contributed by atoms with Crippen molar-refractivity contribution in [1.82, 2.24) is 0 Å². The Hall–Kier alpha value is 0.630. The standard InChI is InChI=1S/C7H12Br2O/c1-3-4-6(9)7(10)5(2)8/h5-6H,3-4H2,1-2H3. The van der Waals surface area contributed by atoms with Crippen LogP contribution in [0.1, 0.15) is 26.7 Å². The minimum Gasteiger partial charge on any atom is -0.297 e. The summed E-state index contributed by atoms with van der Waals surface area (Å²) < 4.78 is 0. The first-order valence-corrected chi connectivity index (χ1v) is 5.24. The lowest BCUT2D eigenvalue weighted by Gasteiger charge is -2.07. The second kappa shape index (κ2) is 5.30. The molecule has 0 spiro atoms. The molecular weight excluding hydrogens is 260 g/mol. The van der Waals surface area contributed by atoms with E-state index in [9.17, 15) is 4.79 Å². The van der Waals surface area contributed by atoms with E-state index in [0.717, 1.165) is 12.8 Å². The Labute approximate surface area is 78.8 Å². The molecule has 0 saturated heterocycles. The molecule has 0 aliphatic carbocycles. The number of alkyl halides is 2. The largest absolute Gasteiger partial charge is 0.297 e. The van der Waals surface area contributed by atoms with Crippen molar-refractivity contribution in [1.29, 1.82) is 0 Å². The number of ketones is 1. The van der Waals surface area contributed by atoms with E-state index in [1.165, 1.54) is 0 Å². The van der Waals surface area contributed by atoms with Crippen LogP contribution in [-0.4, -0.2) is 15.4 Å². The highest BCUT2D eigenvalue weighted by Gasteiger charge is 2.17. The maximum absolute atomic E-state index is 11.1. The van der Waals surface area contributed by atoms with Crippen LogP contribution in [0.15, 0.2) is 0 Å². The lowest BCUT2D eigenvalue weighted by atomic mass is 10.1. The van der Waals surface area contributed by atoms with Crippen molar-refractivity contribution in [3.8, 4) is 0 Å². The van der Waals surface area contributed by atoms with Crippen LogP contribution in [0.5, 0.6) is 0 Å². The van der Waals surface area contributed by atoms with Crippen molar-refractivity contribution >= 4 is 37.6 Å². The van der Waals surface area contributed by atoms with E-state index in [2.05, 4.69) is 38.8 Å². The fraction of sp³-hybridized carbons (Fsp3) is 0.857. The zero-order chi connectivity index (χ0) is 8.15. The molecular formula is C7H12Br2O. The van der Waals surface area contributed by atoms with Gasteiger partial charge in [-0.1, -0.05) is 45.2 Å². The van der Waals surface area contributed by atoms with Crippen LogP contribution < -0.4 is 0 Å². The number of carbonyl (C=O) groups excluding carboxylic acids is 1. The molecule has 0 aromatic rings. The number of halogens is 2. The van der Waals surface area contributed by atoms with E-state index in [4.69, 9.17) is 0 Å². The predicted molar refractivity (Wildman–Crippen MR) is 51.0 cm³/mol. The van der Waals surface area contributed by atoms with Gasteiger partial charge in [-0.2, -0.15) is 0 Å². The summed E-state index contributed by atoms with van der Waals surface area (Å²) >= 11 is 6.56. The molecule has 3 heteroatoms. The summed E-state index contributed by atoms with van der Waals surface area (Å²) in [6, 6.07) is 0. The van der Waals surface area contributed by atoms with Gasteiger partial charge in [0.25, 0.3) is 0 Å². The van der Waals surface area contributed by atoms with Gasteiger partial charge in [0.05, 0.1) is 9.65 Å². The molecule has 0 rings (SSSR count). The normalized spacial score (nSPS) is 16.4. The molecule has 2 atom stereocenters. The SMILES string of the molecule is CCCC(Br)C(=O)C(C)Br. The molecule has 0 aliphatic rings. The Kier molecular flexibility index (Phi) is 5.64. The van der Waals surface area contributed by atoms with E-state index >= 15 is 0 Å². The average molecular weight is 272 g/mol. The summed E-state index contributed by atoms with van der Waals surface area (Å²) in [4.78, 5) is 11.1. The minimum atomic E-state index is -0.0246. The van der Waals surface area contributed by atoms with Crippen LogP contribution in [-0.2, 0) is 4.79 Å². The summed E-state index contributed by atoms with van der Waals surface area (Å²) in [5.41, 5.74) is 0. The summed E-state index contributed by atoms with van der Waals surface area (Å²) in [5, 5.41) is 0. The molecule has 10 heavy (non-hydrogen) atoms. The fourth-order valence-corrected chi connectivity index (χ4v) is 2.17. The molecule has 2 unspecified atom stereocenters. The quantitative estimate of drug-likeness (QED) is 0.719. The van der Waals surface area contributed by atoms with Gasteiger partial charge in [-0.05, 0) is 13.3 Å². The van der Waals surface area contributed by atoms with E-state index in [0.29, 0.717) is 0 Å². The summed E-state index contributed by atoms with van der Waals surface area (Å²) in [6.07, 6.45) is 1.97. The van der Waals surface area contributed by atoms with Gasteiger partial charge in [0.1, 0.15) is 0 Å². The first kappa shape index (κ1) is 10.6. The topological polar surface area (TPSA) is 17.1 Å². The van der Waals surface area contributed by atoms with Crippen LogP contribution in [0.25, 0.3) is 0 Å². The molecule has 0 N–H and O–H groups in total. The summed E-state index contributed by atoms with van der Waals surface area (Å²) in [6.45, 7) is 3.92. The molecule has 1 nitrogen and oxygen atoms in total. The smallest absolute Gasteiger partial charge is 0.159 e. The molecule has 0 fully saturated rings. The van der Waals surface area contributed by atoms with Crippen LogP contribution in [0.2, 0.25) is 0 Å². The van der Waals surface area contributed by atoms with Crippen LogP contribution in [0.4, 0.5) is 0 Å². The molecule has 0 aromatic carbocycles. The highest BCUT2D eigenvalue weighted by atomic mass is 79.9. The minimum absolute atomic E-state index is 0.0246. The van der Waals surface area contributed by atoms with Crippen LogP contribution >= 0.6 is 31.9 Å². The van der Waals surface area contributed by atoms with Crippen LogP contribution in [0, 0.1) is 0 Å². The number of Topliss-reactive ketones (excluding diaryl/α,β-unsaturated/α-hetero) is 1. The van der Waals surface area contributed by atoms with Crippen LogP contribution in [0.3, 0.4) is 0 Å². The maximum Gasteiger partial charge on any atom is 0.159 e. The lowest BCUT2D eigenvalue weighted by molar-refractivity contribution is -0.117. The lowest BCUT2D eigenvalue weighted by Crippen LogP contribution is -2.21. The van der Waals surface area contributed by atoms with Gasteiger partial charge < -0.3 is 0 Å². The van der Waals surface area contributed by atoms with E-state index in [1.807, 2.05) is 6.92 Å². The van der Waals surface area contributed by atoms with Crippen molar-refractivity contribution < 1.29 is 4.79 Å². The Morgan fingerprint density at radius 1 is 1.50 bits per heavy atom. The van der Waals surface area contributed by atoms with Crippen molar-refractivity contribution in [3.05, 3.63) is 0 Å². The number of carbonyl (C=O) groups is 1. The van der Waals surface area contributed by atoms with Crippen molar-refractivity contribution in [2.24, 2.45) is 0 Å². The number of hydrogen-bond donors (Lipinski definition) is 0. The van der Waals surface area contributed by atoms with Gasteiger partial charge in [0.2, 0.25) is 0 Å². The van der Waals surface area contributed by atoms with Crippen molar-refractivity contribution in [2.75, 3.05) is 0 Å². The molecule has 0 bridgehead atoms. The Morgan fingerprint density at radius 2 is 2.00 bits per heavy atom. The summed E-state index contributed by atoms with van der Waals surface area (Å²) in [7, 11) is 0. The van der Waals surface area contributed by atoms with E-state index in [1.54, 1.807) is 0 Å². The fourth-order valence-electron chi connectivity index (χ4n) is 0.645. The third-order valence-electron chi connectivity index (χ3n) is 1.24. The monoisotopic (exact) mass is 270 g/mol. The van der Waals surface area contributed by atoms with E-state index < -0.39 is 0 Å². The Balaban J connectivity index is 3.71. The zero-order valence-electron chi connectivity index (χ0n) is 6.23. The molecule has 0 saturated carbocycles. The van der Waals surface area contributed by atoms with Crippen molar-refractivity contribution in [2.45, 2.75) is 36.3 Å². The van der Waals surface area contributed by atoms with Gasteiger partial charge in [0.15, 0.2) is 5.78 Å². The number of rotatable bonds is 4. The second-order valence-corrected chi connectivity index (χ2v) is 4.75. The zero-order valence-corrected chi connectivity index (χ0v) is 9.41. The van der Waals surface area contributed by atoms with Gasteiger partial charge >= 0.3 is 0 Å². The number of hydrogen-bond acceptors (Lipinski definition) is 1. The second-order valence-electron chi connectivity index (χ2n) is 2.27. The average Bonchev–Trinajstić information content (AvgIpc) is 1.87.